The minimum atomic E-state index is -0.196. The van der Waals surface area contributed by atoms with Crippen molar-refractivity contribution in [1.29, 1.82) is 0 Å². The molecule has 0 spiro atoms. The summed E-state index contributed by atoms with van der Waals surface area (Å²) in [4.78, 5) is 23.1. The van der Waals surface area contributed by atoms with Gasteiger partial charge in [-0.2, -0.15) is 0 Å². The van der Waals surface area contributed by atoms with Crippen molar-refractivity contribution in [2.45, 2.75) is 38.1 Å². The number of nitrogens with two attached hydrogens (primary N) is 1. The van der Waals surface area contributed by atoms with E-state index in [4.69, 9.17) is 10.5 Å². The van der Waals surface area contributed by atoms with E-state index in [1.54, 1.807) is 7.11 Å². The third-order valence-corrected chi connectivity index (χ3v) is 3.49. The Hall–Kier alpha value is -1.14. The molecule has 2 unspecified atom stereocenters. The standard InChI is InChI=1S/C13H25N3O3/c1-19-7-6-15-13(18)9-16-12(17)8-10-4-2-3-5-11(10)14/h10-11H,2-9,14H2,1H3,(H,15,18)(H,16,17). The van der Waals surface area contributed by atoms with Crippen molar-refractivity contribution in [1.82, 2.24) is 10.6 Å². The van der Waals surface area contributed by atoms with Crippen LogP contribution in [0.4, 0.5) is 0 Å². The molecular weight excluding hydrogens is 246 g/mol. The van der Waals surface area contributed by atoms with Gasteiger partial charge in [-0.1, -0.05) is 12.8 Å². The number of carbonyl (C=O) groups is 2. The Balaban J connectivity index is 2.14. The lowest BCUT2D eigenvalue weighted by atomic mass is 9.83. The van der Waals surface area contributed by atoms with Crippen LogP contribution < -0.4 is 16.4 Å². The predicted octanol–water partition coefficient (Wildman–Crippen LogP) is -0.227. The predicted molar refractivity (Wildman–Crippen MR) is 72.4 cm³/mol. The van der Waals surface area contributed by atoms with E-state index < -0.39 is 0 Å². The first-order chi connectivity index (χ1) is 9.13. The maximum atomic E-state index is 11.7. The molecule has 1 aliphatic rings. The van der Waals surface area contributed by atoms with E-state index in [1.807, 2.05) is 0 Å². The zero-order valence-corrected chi connectivity index (χ0v) is 11.6. The first kappa shape index (κ1) is 15.9. The van der Waals surface area contributed by atoms with Gasteiger partial charge < -0.3 is 21.1 Å². The molecule has 2 amide bonds. The van der Waals surface area contributed by atoms with E-state index in [-0.39, 0.29) is 30.3 Å². The largest absolute Gasteiger partial charge is 0.383 e. The Bertz CT molecular complexity index is 297. The van der Waals surface area contributed by atoms with Gasteiger partial charge in [0.15, 0.2) is 0 Å². The highest BCUT2D eigenvalue weighted by molar-refractivity contribution is 5.84. The number of nitrogens with one attached hydrogen (secondary N) is 2. The average molecular weight is 271 g/mol. The van der Waals surface area contributed by atoms with Crippen LogP contribution in [0, 0.1) is 5.92 Å². The minimum absolute atomic E-state index is 0.0184. The van der Waals surface area contributed by atoms with Gasteiger partial charge in [0.2, 0.25) is 11.8 Å². The maximum absolute atomic E-state index is 11.7. The smallest absolute Gasteiger partial charge is 0.239 e. The van der Waals surface area contributed by atoms with E-state index >= 15 is 0 Å². The molecule has 6 heteroatoms. The third kappa shape index (κ3) is 6.54. The van der Waals surface area contributed by atoms with Crippen molar-refractivity contribution < 1.29 is 14.3 Å². The molecule has 1 rings (SSSR count). The average Bonchev–Trinajstić information content (AvgIpc) is 2.39. The van der Waals surface area contributed by atoms with Crippen molar-refractivity contribution in [2.75, 3.05) is 26.8 Å². The SMILES string of the molecule is COCCNC(=O)CNC(=O)CC1CCCCC1N. The summed E-state index contributed by atoms with van der Waals surface area (Å²) in [5.74, 6) is -0.0344. The van der Waals surface area contributed by atoms with Gasteiger partial charge in [-0.15, -0.1) is 0 Å². The molecule has 6 nitrogen and oxygen atoms in total. The molecule has 0 radical (unpaired) electrons. The molecule has 0 aliphatic heterocycles. The highest BCUT2D eigenvalue weighted by Gasteiger charge is 2.24. The number of hydrogen-bond acceptors (Lipinski definition) is 4. The summed E-state index contributed by atoms with van der Waals surface area (Å²) >= 11 is 0. The van der Waals surface area contributed by atoms with Crippen molar-refractivity contribution in [3.8, 4) is 0 Å². The van der Waals surface area contributed by atoms with Crippen LogP contribution in [0.1, 0.15) is 32.1 Å². The molecular formula is C13H25N3O3. The van der Waals surface area contributed by atoms with Crippen LogP contribution in [-0.4, -0.2) is 44.7 Å². The minimum Gasteiger partial charge on any atom is -0.383 e. The van der Waals surface area contributed by atoms with Gasteiger partial charge in [-0.3, -0.25) is 9.59 Å². The molecule has 1 fully saturated rings. The fourth-order valence-corrected chi connectivity index (χ4v) is 2.33. The number of amides is 2. The summed E-state index contributed by atoms with van der Waals surface area (Å²) in [7, 11) is 1.57. The lowest BCUT2D eigenvalue weighted by molar-refractivity contribution is -0.126. The van der Waals surface area contributed by atoms with E-state index in [9.17, 15) is 9.59 Å². The molecule has 1 aliphatic carbocycles. The molecule has 0 aromatic heterocycles. The van der Waals surface area contributed by atoms with E-state index in [0.29, 0.717) is 19.6 Å². The fourth-order valence-electron chi connectivity index (χ4n) is 2.33. The Morgan fingerprint density at radius 3 is 2.63 bits per heavy atom. The summed E-state index contributed by atoms with van der Waals surface area (Å²) in [6, 6.07) is 0.120. The number of ether oxygens (including phenoxy) is 1. The van der Waals surface area contributed by atoms with Crippen LogP contribution in [-0.2, 0) is 14.3 Å². The second-order valence-corrected chi connectivity index (χ2v) is 5.03. The summed E-state index contributed by atoms with van der Waals surface area (Å²) in [5, 5.41) is 5.28. The van der Waals surface area contributed by atoms with Crippen molar-refractivity contribution >= 4 is 11.8 Å². The highest BCUT2D eigenvalue weighted by atomic mass is 16.5. The molecule has 2 atom stereocenters. The van der Waals surface area contributed by atoms with E-state index in [2.05, 4.69) is 10.6 Å². The first-order valence-corrected chi connectivity index (χ1v) is 6.91. The van der Waals surface area contributed by atoms with Crippen LogP contribution in [0.5, 0.6) is 0 Å². The van der Waals surface area contributed by atoms with Gasteiger partial charge in [-0.25, -0.2) is 0 Å². The zero-order valence-electron chi connectivity index (χ0n) is 11.6. The monoisotopic (exact) mass is 271 g/mol. The van der Waals surface area contributed by atoms with Gasteiger partial charge in [0.1, 0.15) is 0 Å². The lowest BCUT2D eigenvalue weighted by Crippen LogP contribution is -2.41. The Morgan fingerprint density at radius 2 is 1.95 bits per heavy atom. The molecule has 0 bridgehead atoms. The number of rotatable bonds is 7. The van der Waals surface area contributed by atoms with Gasteiger partial charge in [0.25, 0.3) is 0 Å². The number of hydrogen-bond donors (Lipinski definition) is 3. The summed E-state index contributed by atoms with van der Waals surface area (Å²) in [5.41, 5.74) is 5.99. The molecule has 19 heavy (non-hydrogen) atoms. The molecule has 0 aromatic rings. The van der Waals surface area contributed by atoms with Crippen LogP contribution >= 0.6 is 0 Å². The summed E-state index contributed by atoms with van der Waals surface area (Å²) < 4.78 is 4.81. The molecule has 0 heterocycles. The van der Waals surface area contributed by atoms with Gasteiger partial charge in [0, 0.05) is 26.1 Å². The number of carbonyl (C=O) groups excluding carboxylic acids is 2. The quantitative estimate of drug-likeness (QED) is 0.558. The fraction of sp³-hybridized carbons (Fsp3) is 0.846. The van der Waals surface area contributed by atoms with Gasteiger partial charge in [0.05, 0.1) is 13.2 Å². The Morgan fingerprint density at radius 1 is 1.21 bits per heavy atom. The normalized spacial score (nSPS) is 22.8. The van der Waals surface area contributed by atoms with Gasteiger partial charge in [-0.05, 0) is 18.8 Å². The molecule has 0 saturated heterocycles. The topological polar surface area (TPSA) is 93.5 Å². The summed E-state index contributed by atoms with van der Waals surface area (Å²) in [6.45, 7) is 0.944. The highest BCUT2D eigenvalue weighted by Crippen LogP contribution is 2.25. The first-order valence-electron chi connectivity index (χ1n) is 6.91. The maximum Gasteiger partial charge on any atom is 0.239 e. The van der Waals surface area contributed by atoms with Crippen LogP contribution in [0.3, 0.4) is 0 Å². The third-order valence-electron chi connectivity index (χ3n) is 3.49. The van der Waals surface area contributed by atoms with E-state index in [0.717, 1.165) is 25.7 Å². The van der Waals surface area contributed by atoms with Crippen LogP contribution in [0.15, 0.2) is 0 Å². The molecule has 1 saturated carbocycles. The molecule has 0 aromatic carbocycles. The Kier molecular flexibility index (Phi) is 7.43. The Labute approximate surface area is 114 Å². The van der Waals surface area contributed by atoms with Crippen LogP contribution in [0.2, 0.25) is 0 Å². The molecule has 4 N–H and O–H groups in total. The molecule has 110 valence electrons. The van der Waals surface area contributed by atoms with Crippen LogP contribution in [0.25, 0.3) is 0 Å². The van der Waals surface area contributed by atoms with E-state index in [1.165, 1.54) is 0 Å². The zero-order chi connectivity index (χ0) is 14.1. The lowest BCUT2D eigenvalue weighted by Gasteiger charge is -2.27. The van der Waals surface area contributed by atoms with Gasteiger partial charge >= 0.3 is 0 Å². The second kappa shape index (κ2) is 8.87. The second-order valence-electron chi connectivity index (χ2n) is 5.03. The van der Waals surface area contributed by atoms with Crippen molar-refractivity contribution in [3.05, 3.63) is 0 Å². The van der Waals surface area contributed by atoms with Crippen molar-refractivity contribution in [2.24, 2.45) is 11.7 Å². The van der Waals surface area contributed by atoms with Crippen molar-refractivity contribution in [3.63, 3.8) is 0 Å². The number of methoxy groups -OCH3 is 1. The summed E-state index contributed by atoms with van der Waals surface area (Å²) in [6.07, 6.45) is 4.72.